The number of benzene rings is 1. The van der Waals surface area contributed by atoms with Gasteiger partial charge in [0, 0.05) is 24.7 Å². The fourth-order valence-electron chi connectivity index (χ4n) is 4.39. The molecule has 1 saturated heterocycles. The van der Waals surface area contributed by atoms with Crippen molar-refractivity contribution in [1.82, 2.24) is 10.2 Å². The summed E-state index contributed by atoms with van der Waals surface area (Å²) >= 11 is 0. The third-order valence-corrected chi connectivity index (χ3v) is 6.01. The van der Waals surface area contributed by atoms with Crippen LogP contribution in [0.2, 0.25) is 0 Å². The van der Waals surface area contributed by atoms with Crippen LogP contribution in [0.4, 0.5) is 0 Å². The lowest BCUT2D eigenvalue weighted by atomic mass is 9.86. The summed E-state index contributed by atoms with van der Waals surface area (Å²) in [7, 11) is 0. The number of rotatable bonds is 4. The maximum atomic E-state index is 12.9. The molecule has 1 aromatic rings. The van der Waals surface area contributed by atoms with Crippen molar-refractivity contribution >= 4 is 17.8 Å². The molecular weight excluding hydrogens is 356 g/mol. The van der Waals surface area contributed by atoms with E-state index in [0.717, 1.165) is 38.5 Å². The van der Waals surface area contributed by atoms with E-state index < -0.39 is 11.9 Å². The second kappa shape index (κ2) is 9.71. The molecule has 1 saturated carbocycles. The molecule has 6 nitrogen and oxygen atoms in total. The van der Waals surface area contributed by atoms with Crippen molar-refractivity contribution in [2.45, 2.75) is 57.4 Å². The van der Waals surface area contributed by atoms with Gasteiger partial charge < -0.3 is 15.3 Å². The van der Waals surface area contributed by atoms with Crippen LogP contribution in [0.5, 0.6) is 0 Å². The molecule has 28 heavy (non-hydrogen) atoms. The van der Waals surface area contributed by atoms with Crippen molar-refractivity contribution in [1.29, 1.82) is 0 Å². The summed E-state index contributed by atoms with van der Waals surface area (Å²) in [6, 6.07) is 8.81. The van der Waals surface area contributed by atoms with E-state index in [4.69, 9.17) is 0 Å². The van der Waals surface area contributed by atoms with Gasteiger partial charge in [-0.15, -0.1) is 0 Å². The number of amides is 2. The average Bonchev–Trinajstić information content (AvgIpc) is 2.70. The van der Waals surface area contributed by atoms with Gasteiger partial charge in [-0.3, -0.25) is 14.4 Å². The fourth-order valence-corrected chi connectivity index (χ4v) is 4.39. The van der Waals surface area contributed by atoms with E-state index in [1.165, 1.54) is 0 Å². The zero-order chi connectivity index (χ0) is 19.9. The van der Waals surface area contributed by atoms with E-state index in [0.29, 0.717) is 31.5 Å². The largest absolute Gasteiger partial charge is 0.481 e. The number of piperidine rings is 1. The van der Waals surface area contributed by atoms with Crippen LogP contribution in [0.3, 0.4) is 0 Å². The van der Waals surface area contributed by atoms with Crippen LogP contribution < -0.4 is 5.32 Å². The molecule has 152 valence electrons. The first-order chi connectivity index (χ1) is 13.6. The van der Waals surface area contributed by atoms with Crippen LogP contribution in [0.1, 0.15) is 61.7 Å². The molecule has 0 radical (unpaired) electrons. The highest BCUT2D eigenvalue weighted by Crippen LogP contribution is 2.25. The number of aliphatic carboxylic acids is 1. The molecule has 3 rings (SSSR count). The van der Waals surface area contributed by atoms with E-state index in [1.54, 1.807) is 17.0 Å². The van der Waals surface area contributed by atoms with E-state index in [9.17, 15) is 19.5 Å². The van der Waals surface area contributed by atoms with Crippen LogP contribution in [0, 0.1) is 11.8 Å². The second-order valence-corrected chi connectivity index (χ2v) is 8.01. The third-order valence-electron chi connectivity index (χ3n) is 6.01. The minimum Gasteiger partial charge on any atom is -0.481 e. The number of carboxylic acids is 1. The molecule has 1 aliphatic carbocycles. The maximum Gasteiger partial charge on any atom is 0.308 e. The quantitative estimate of drug-likeness (QED) is 0.833. The summed E-state index contributed by atoms with van der Waals surface area (Å²) in [5.41, 5.74) is 0.634. The second-order valence-electron chi connectivity index (χ2n) is 8.01. The van der Waals surface area contributed by atoms with Crippen molar-refractivity contribution in [2.75, 3.05) is 13.1 Å². The summed E-state index contributed by atoms with van der Waals surface area (Å²) in [5, 5.41) is 12.6. The number of carboxylic acid groups (broad SMARTS) is 1. The van der Waals surface area contributed by atoms with Crippen LogP contribution in [0.15, 0.2) is 30.3 Å². The van der Waals surface area contributed by atoms with Crippen LogP contribution in [-0.4, -0.2) is 46.9 Å². The SMILES string of the molecule is O=C(NC1CCCCCCC1C(=O)O)C1CCCN(C(=O)c2ccccc2)C1. The van der Waals surface area contributed by atoms with Crippen molar-refractivity contribution in [3.63, 3.8) is 0 Å². The van der Waals surface area contributed by atoms with Gasteiger partial charge in [-0.1, -0.05) is 43.9 Å². The Hall–Kier alpha value is -2.37. The molecular formula is C22H30N2O4. The lowest BCUT2D eigenvalue weighted by Gasteiger charge is -2.34. The Morgan fingerprint density at radius 2 is 1.64 bits per heavy atom. The number of nitrogens with zero attached hydrogens (tertiary/aromatic N) is 1. The molecule has 0 bridgehead atoms. The van der Waals surface area contributed by atoms with Crippen molar-refractivity contribution in [2.24, 2.45) is 11.8 Å². The Bertz CT molecular complexity index is 691. The Balaban J connectivity index is 1.62. The van der Waals surface area contributed by atoms with Gasteiger partial charge in [0.25, 0.3) is 5.91 Å². The zero-order valence-electron chi connectivity index (χ0n) is 16.3. The Kier molecular flexibility index (Phi) is 7.06. The minimum atomic E-state index is -0.822. The predicted molar refractivity (Wildman–Crippen MR) is 106 cm³/mol. The monoisotopic (exact) mass is 386 g/mol. The van der Waals surface area contributed by atoms with E-state index >= 15 is 0 Å². The summed E-state index contributed by atoms with van der Waals surface area (Å²) in [6.07, 6.45) is 6.82. The molecule has 2 aliphatic rings. The first-order valence-corrected chi connectivity index (χ1v) is 10.4. The predicted octanol–water partition coefficient (Wildman–Crippen LogP) is 3.08. The fraction of sp³-hybridized carbons (Fsp3) is 0.591. The molecule has 3 unspecified atom stereocenters. The Labute approximate surface area is 166 Å². The van der Waals surface area contributed by atoms with E-state index in [1.807, 2.05) is 18.2 Å². The van der Waals surface area contributed by atoms with E-state index in [2.05, 4.69) is 5.32 Å². The molecule has 2 N–H and O–H groups in total. The van der Waals surface area contributed by atoms with Gasteiger partial charge in [0.15, 0.2) is 0 Å². The normalized spacial score (nSPS) is 26.0. The lowest BCUT2D eigenvalue weighted by molar-refractivity contribution is -0.143. The molecule has 2 fully saturated rings. The van der Waals surface area contributed by atoms with Gasteiger partial charge in [-0.2, -0.15) is 0 Å². The van der Waals surface area contributed by atoms with Gasteiger partial charge in [0.1, 0.15) is 0 Å². The van der Waals surface area contributed by atoms with Crippen LogP contribution in [0.25, 0.3) is 0 Å². The number of hydrogen-bond acceptors (Lipinski definition) is 3. The van der Waals surface area contributed by atoms with Gasteiger partial charge in [-0.25, -0.2) is 0 Å². The van der Waals surface area contributed by atoms with Crippen LogP contribution >= 0.6 is 0 Å². The molecule has 1 heterocycles. The van der Waals surface area contributed by atoms with Gasteiger partial charge in [0.2, 0.25) is 5.91 Å². The summed E-state index contributed by atoms with van der Waals surface area (Å²) in [4.78, 5) is 39.0. The molecule has 1 aliphatic heterocycles. The van der Waals surface area contributed by atoms with Gasteiger partial charge in [-0.05, 0) is 37.8 Å². The maximum absolute atomic E-state index is 12.9. The summed E-state index contributed by atoms with van der Waals surface area (Å²) < 4.78 is 0. The first-order valence-electron chi connectivity index (χ1n) is 10.4. The summed E-state index contributed by atoms with van der Waals surface area (Å²) in [5.74, 6) is -1.78. The number of nitrogens with one attached hydrogen (secondary N) is 1. The lowest BCUT2D eigenvalue weighted by Crippen LogP contribution is -2.50. The number of carbonyl (C=O) groups is 3. The highest BCUT2D eigenvalue weighted by atomic mass is 16.4. The topological polar surface area (TPSA) is 86.7 Å². The molecule has 0 spiro atoms. The Morgan fingerprint density at radius 3 is 2.36 bits per heavy atom. The molecule has 6 heteroatoms. The first kappa shape index (κ1) is 20.4. The highest BCUT2D eigenvalue weighted by Gasteiger charge is 2.34. The van der Waals surface area contributed by atoms with Crippen molar-refractivity contribution < 1.29 is 19.5 Å². The smallest absolute Gasteiger partial charge is 0.308 e. The standard InChI is InChI=1S/C22H30N2O4/c25-20(23-19-13-7-2-1-6-12-18(19)22(27)28)17-11-8-14-24(15-17)21(26)16-9-4-3-5-10-16/h3-5,9-10,17-19H,1-2,6-8,11-15H2,(H,23,25)(H,27,28). The van der Waals surface area contributed by atoms with E-state index in [-0.39, 0.29) is 23.8 Å². The van der Waals surface area contributed by atoms with Crippen molar-refractivity contribution in [3.8, 4) is 0 Å². The number of carbonyl (C=O) groups excluding carboxylic acids is 2. The third kappa shape index (κ3) is 5.12. The number of hydrogen-bond donors (Lipinski definition) is 2. The average molecular weight is 386 g/mol. The van der Waals surface area contributed by atoms with Crippen LogP contribution in [-0.2, 0) is 9.59 Å². The Morgan fingerprint density at radius 1 is 0.929 bits per heavy atom. The van der Waals surface area contributed by atoms with Gasteiger partial charge >= 0.3 is 5.97 Å². The zero-order valence-corrected chi connectivity index (χ0v) is 16.3. The van der Waals surface area contributed by atoms with Gasteiger partial charge in [0.05, 0.1) is 11.8 Å². The molecule has 0 aromatic heterocycles. The molecule has 3 atom stereocenters. The summed E-state index contributed by atoms with van der Waals surface area (Å²) in [6.45, 7) is 1.04. The number of likely N-dealkylation sites (tertiary alicyclic amines) is 1. The highest BCUT2D eigenvalue weighted by molar-refractivity contribution is 5.94. The molecule has 1 aromatic carbocycles. The van der Waals surface area contributed by atoms with Crippen molar-refractivity contribution in [3.05, 3.63) is 35.9 Å². The minimum absolute atomic E-state index is 0.0486. The molecule has 2 amide bonds.